The molecule has 2 atom stereocenters. The Morgan fingerprint density at radius 2 is 2.08 bits per heavy atom. The Kier molecular flexibility index (Phi) is 4.82. The fourth-order valence-electron chi connectivity index (χ4n) is 4.35. The van der Waals surface area contributed by atoms with E-state index in [1.54, 1.807) is 4.90 Å². The van der Waals surface area contributed by atoms with E-state index in [1.165, 1.54) is 0 Å². The van der Waals surface area contributed by atoms with Gasteiger partial charge in [0.15, 0.2) is 0 Å². The molecule has 0 aromatic heterocycles. The predicted octanol–water partition coefficient (Wildman–Crippen LogP) is 2.19. The summed E-state index contributed by atoms with van der Waals surface area (Å²) in [5.74, 6) is 0.506. The number of hydrogen-bond acceptors (Lipinski definition) is 3. The molecule has 1 aromatic carbocycles. The first-order valence-electron chi connectivity index (χ1n) is 8.91. The first-order valence-corrected chi connectivity index (χ1v) is 8.91. The fraction of sp³-hybridized carbons (Fsp3) is 0.579. The van der Waals surface area contributed by atoms with Crippen LogP contribution < -0.4 is 15.5 Å². The molecule has 2 fully saturated rings. The molecule has 2 N–H and O–H groups in total. The zero-order chi connectivity index (χ0) is 16.9. The number of benzene rings is 1. The zero-order valence-corrected chi connectivity index (χ0v) is 15.6. The van der Waals surface area contributed by atoms with Gasteiger partial charge in [-0.15, -0.1) is 12.4 Å². The highest BCUT2D eigenvalue weighted by Crippen LogP contribution is 2.58. The Balaban J connectivity index is 0.00000182. The van der Waals surface area contributed by atoms with E-state index in [0.717, 1.165) is 49.2 Å². The Hall–Kier alpha value is -1.59. The average Bonchev–Trinajstić information content (AvgIpc) is 3.19. The van der Waals surface area contributed by atoms with Crippen LogP contribution in [-0.4, -0.2) is 32.0 Å². The van der Waals surface area contributed by atoms with Crippen molar-refractivity contribution in [3.8, 4) is 0 Å². The third kappa shape index (κ3) is 3.15. The van der Waals surface area contributed by atoms with Gasteiger partial charge in [0, 0.05) is 18.7 Å². The van der Waals surface area contributed by atoms with Crippen LogP contribution in [0.4, 0.5) is 5.69 Å². The molecule has 2 amide bonds. The van der Waals surface area contributed by atoms with Crippen molar-refractivity contribution in [1.82, 2.24) is 10.6 Å². The van der Waals surface area contributed by atoms with Crippen molar-refractivity contribution in [2.24, 2.45) is 11.3 Å². The van der Waals surface area contributed by atoms with Gasteiger partial charge in [-0.1, -0.05) is 12.1 Å². The van der Waals surface area contributed by atoms with Gasteiger partial charge in [0.1, 0.15) is 0 Å². The van der Waals surface area contributed by atoms with E-state index in [1.807, 2.05) is 26.1 Å². The maximum absolute atomic E-state index is 12.6. The lowest BCUT2D eigenvalue weighted by atomic mass is 9.91. The summed E-state index contributed by atoms with van der Waals surface area (Å²) in [6, 6.07) is 6.05. The third-order valence-electron chi connectivity index (χ3n) is 6.14. The number of carbonyl (C=O) groups is 2. The lowest BCUT2D eigenvalue weighted by Gasteiger charge is -2.24. The number of carbonyl (C=O) groups excluding carboxylic acids is 2. The van der Waals surface area contributed by atoms with Crippen molar-refractivity contribution in [3.63, 3.8) is 0 Å². The molecule has 5 nitrogen and oxygen atoms in total. The quantitative estimate of drug-likeness (QED) is 0.865. The SMILES string of the molecule is CC(NC(=O)C1CC12CCNCC2)c1ccc2c(c1)CC(=O)N2C.Cl. The standard InChI is InChI=1S/C19H25N3O2.ClH/c1-12(13-3-4-16-14(9-13)10-17(23)22(16)2)21-18(24)15-11-19(15)5-7-20-8-6-19;/h3-4,9,12,15,20H,5-8,10-11H2,1-2H3,(H,21,24);1H. The second-order valence-electron chi connectivity index (χ2n) is 7.62. The molecular formula is C19H26ClN3O2. The van der Waals surface area contributed by atoms with Crippen LogP contribution in [-0.2, 0) is 16.0 Å². The Bertz CT molecular complexity index is 700. The number of halogens is 1. The van der Waals surface area contributed by atoms with Gasteiger partial charge in [-0.25, -0.2) is 0 Å². The van der Waals surface area contributed by atoms with E-state index in [9.17, 15) is 9.59 Å². The first kappa shape index (κ1) is 18.2. The molecule has 1 saturated carbocycles. The van der Waals surface area contributed by atoms with Crippen molar-refractivity contribution >= 4 is 29.9 Å². The summed E-state index contributed by atoms with van der Waals surface area (Å²) in [4.78, 5) is 26.1. The van der Waals surface area contributed by atoms with Gasteiger partial charge >= 0.3 is 0 Å². The van der Waals surface area contributed by atoms with E-state index < -0.39 is 0 Å². The number of anilines is 1. The minimum atomic E-state index is -0.0248. The second-order valence-corrected chi connectivity index (χ2v) is 7.62. The zero-order valence-electron chi connectivity index (χ0n) is 14.8. The number of nitrogens with one attached hydrogen (secondary N) is 2. The molecule has 0 bridgehead atoms. The van der Waals surface area contributed by atoms with Crippen LogP contribution in [0.1, 0.15) is 43.4 Å². The molecule has 1 aliphatic carbocycles. The van der Waals surface area contributed by atoms with Crippen LogP contribution in [0.2, 0.25) is 0 Å². The van der Waals surface area contributed by atoms with Gasteiger partial charge in [0.25, 0.3) is 0 Å². The summed E-state index contributed by atoms with van der Waals surface area (Å²) in [7, 11) is 1.81. The van der Waals surface area contributed by atoms with Crippen molar-refractivity contribution in [2.75, 3.05) is 25.0 Å². The number of piperidine rings is 1. The van der Waals surface area contributed by atoms with Gasteiger partial charge in [0.2, 0.25) is 11.8 Å². The monoisotopic (exact) mass is 363 g/mol. The molecule has 2 unspecified atom stereocenters. The normalized spacial score (nSPS) is 24.5. The summed E-state index contributed by atoms with van der Waals surface area (Å²) in [5.41, 5.74) is 3.38. The predicted molar refractivity (Wildman–Crippen MR) is 100 cm³/mol. The fourth-order valence-corrected chi connectivity index (χ4v) is 4.35. The molecule has 3 aliphatic rings. The Morgan fingerprint density at radius 3 is 2.80 bits per heavy atom. The number of rotatable bonds is 3. The molecule has 6 heteroatoms. The van der Waals surface area contributed by atoms with Gasteiger partial charge in [-0.05, 0) is 61.9 Å². The van der Waals surface area contributed by atoms with Crippen molar-refractivity contribution in [2.45, 2.75) is 38.6 Å². The average molecular weight is 364 g/mol. The lowest BCUT2D eigenvalue weighted by Crippen LogP contribution is -2.34. The summed E-state index contributed by atoms with van der Waals surface area (Å²) in [6.07, 6.45) is 3.73. The molecule has 2 aliphatic heterocycles. The summed E-state index contributed by atoms with van der Waals surface area (Å²) >= 11 is 0. The lowest BCUT2D eigenvalue weighted by molar-refractivity contribution is -0.124. The van der Waals surface area contributed by atoms with E-state index in [-0.39, 0.29) is 41.6 Å². The van der Waals surface area contributed by atoms with Crippen LogP contribution in [0, 0.1) is 11.3 Å². The second kappa shape index (κ2) is 6.61. The Labute approximate surface area is 154 Å². The molecule has 4 rings (SSSR count). The molecular weight excluding hydrogens is 338 g/mol. The van der Waals surface area contributed by atoms with E-state index >= 15 is 0 Å². The number of likely N-dealkylation sites (N-methyl/N-ethyl adjacent to an activating group) is 1. The summed E-state index contributed by atoms with van der Waals surface area (Å²) < 4.78 is 0. The summed E-state index contributed by atoms with van der Waals surface area (Å²) in [6.45, 7) is 4.09. The maximum Gasteiger partial charge on any atom is 0.231 e. The van der Waals surface area contributed by atoms with Crippen LogP contribution in [0.25, 0.3) is 0 Å². The first-order chi connectivity index (χ1) is 11.5. The highest BCUT2D eigenvalue weighted by Gasteiger charge is 2.57. The minimum absolute atomic E-state index is 0. The molecule has 2 heterocycles. The van der Waals surface area contributed by atoms with Gasteiger partial charge in [0.05, 0.1) is 12.5 Å². The van der Waals surface area contributed by atoms with Crippen LogP contribution in [0.15, 0.2) is 18.2 Å². The van der Waals surface area contributed by atoms with Crippen LogP contribution >= 0.6 is 12.4 Å². The topological polar surface area (TPSA) is 61.4 Å². The smallest absolute Gasteiger partial charge is 0.231 e. The number of amides is 2. The van der Waals surface area contributed by atoms with Gasteiger partial charge in [-0.3, -0.25) is 9.59 Å². The largest absolute Gasteiger partial charge is 0.349 e. The number of hydrogen-bond donors (Lipinski definition) is 2. The molecule has 136 valence electrons. The number of fused-ring (bicyclic) bond motifs is 1. The van der Waals surface area contributed by atoms with Crippen LogP contribution in [0.5, 0.6) is 0 Å². The van der Waals surface area contributed by atoms with E-state index in [4.69, 9.17) is 0 Å². The van der Waals surface area contributed by atoms with Gasteiger partial charge in [-0.2, -0.15) is 0 Å². The van der Waals surface area contributed by atoms with Crippen molar-refractivity contribution in [3.05, 3.63) is 29.3 Å². The molecule has 1 saturated heterocycles. The minimum Gasteiger partial charge on any atom is -0.349 e. The number of nitrogens with zero attached hydrogens (tertiary/aromatic N) is 1. The highest BCUT2D eigenvalue weighted by molar-refractivity contribution is 6.01. The molecule has 1 aromatic rings. The van der Waals surface area contributed by atoms with Gasteiger partial charge < -0.3 is 15.5 Å². The van der Waals surface area contributed by atoms with Crippen molar-refractivity contribution in [1.29, 1.82) is 0 Å². The molecule has 25 heavy (non-hydrogen) atoms. The van der Waals surface area contributed by atoms with Crippen LogP contribution in [0.3, 0.4) is 0 Å². The molecule has 1 spiro atoms. The maximum atomic E-state index is 12.6. The van der Waals surface area contributed by atoms with E-state index in [2.05, 4.69) is 16.7 Å². The molecule has 0 radical (unpaired) electrons. The Morgan fingerprint density at radius 1 is 1.36 bits per heavy atom. The van der Waals surface area contributed by atoms with E-state index in [0.29, 0.717) is 6.42 Å². The highest BCUT2D eigenvalue weighted by atomic mass is 35.5. The third-order valence-corrected chi connectivity index (χ3v) is 6.14. The summed E-state index contributed by atoms with van der Waals surface area (Å²) in [5, 5.41) is 6.56. The van der Waals surface area contributed by atoms with Crippen molar-refractivity contribution < 1.29 is 9.59 Å².